The Hall–Kier alpha value is -1.06. The molecular weight excluding hydrogens is 222 g/mol. The van der Waals surface area contributed by atoms with E-state index in [1.54, 1.807) is 0 Å². The highest BCUT2D eigenvalue weighted by Crippen LogP contribution is 2.17. The van der Waals surface area contributed by atoms with Crippen LogP contribution >= 0.6 is 0 Å². The molecule has 1 fully saturated rings. The number of rotatable bonds is 5. The molecule has 0 radical (unpaired) electrons. The quantitative estimate of drug-likeness (QED) is 0.855. The van der Waals surface area contributed by atoms with Crippen LogP contribution < -0.4 is 10.2 Å². The zero-order chi connectivity index (χ0) is 12.8. The van der Waals surface area contributed by atoms with E-state index in [1.807, 2.05) is 0 Å². The third-order valence-electron chi connectivity index (χ3n) is 3.70. The minimum Gasteiger partial charge on any atom is -0.374 e. The van der Waals surface area contributed by atoms with Crippen LogP contribution in [0.1, 0.15) is 12.0 Å². The Bertz CT molecular complexity index is 359. The van der Waals surface area contributed by atoms with Crippen LogP contribution in [0.3, 0.4) is 0 Å². The molecule has 3 heteroatoms. The summed E-state index contributed by atoms with van der Waals surface area (Å²) in [6.45, 7) is 9.23. The van der Waals surface area contributed by atoms with Crippen molar-refractivity contribution in [1.29, 1.82) is 0 Å². The largest absolute Gasteiger partial charge is 0.374 e. The summed E-state index contributed by atoms with van der Waals surface area (Å²) in [5.41, 5.74) is 2.72. The fourth-order valence-electron chi connectivity index (χ4n) is 2.58. The van der Waals surface area contributed by atoms with E-state index in [-0.39, 0.29) is 0 Å². The first-order chi connectivity index (χ1) is 8.77. The van der Waals surface area contributed by atoms with Crippen molar-refractivity contribution in [3.05, 3.63) is 29.8 Å². The lowest BCUT2D eigenvalue weighted by molar-refractivity contribution is 0.239. The van der Waals surface area contributed by atoms with Crippen molar-refractivity contribution < 1.29 is 0 Å². The maximum Gasteiger partial charge on any atom is 0.0393 e. The molecule has 0 aromatic heterocycles. The van der Waals surface area contributed by atoms with E-state index in [0.717, 1.165) is 19.6 Å². The number of nitrogens with one attached hydrogen (secondary N) is 1. The molecule has 0 amide bonds. The molecule has 2 rings (SSSR count). The second-order valence-corrected chi connectivity index (χ2v) is 5.15. The van der Waals surface area contributed by atoms with Crippen molar-refractivity contribution in [2.24, 2.45) is 0 Å². The molecule has 1 saturated heterocycles. The van der Waals surface area contributed by atoms with E-state index in [0.29, 0.717) is 0 Å². The van der Waals surface area contributed by atoms with Crippen LogP contribution in [0.2, 0.25) is 0 Å². The Kier molecular flexibility index (Phi) is 5.02. The van der Waals surface area contributed by atoms with E-state index in [9.17, 15) is 0 Å². The lowest BCUT2D eigenvalue weighted by atomic mass is 10.2. The number of aryl methyl sites for hydroxylation is 1. The van der Waals surface area contributed by atoms with Crippen LogP contribution in [0.5, 0.6) is 0 Å². The van der Waals surface area contributed by atoms with Crippen molar-refractivity contribution in [1.82, 2.24) is 10.2 Å². The number of nitrogens with zero attached hydrogens (tertiary/aromatic N) is 2. The molecule has 0 bridgehead atoms. The van der Waals surface area contributed by atoms with Crippen molar-refractivity contribution >= 4 is 5.69 Å². The van der Waals surface area contributed by atoms with Gasteiger partial charge in [0.1, 0.15) is 0 Å². The van der Waals surface area contributed by atoms with Gasteiger partial charge in [0.05, 0.1) is 0 Å². The molecule has 0 unspecified atom stereocenters. The van der Waals surface area contributed by atoms with Gasteiger partial charge in [-0.25, -0.2) is 0 Å². The number of anilines is 1. The van der Waals surface area contributed by atoms with Gasteiger partial charge in [0.15, 0.2) is 0 Å². The molecule has 1 aliphatic rings. The molecule has 3 nitrogen and oxygen atoms in total. The number of hydrogen-bond donors (Lipinski definition) is 1. The van der Waals surface area contributed by atoms with E-state index in [1.165, 1.54) is 37.3 Å². The first-order valence-corrected chi connectivity index (χ1v) is 6.97. The van der Waals surface area contributed by atoms with Crippen LogP contribution in [0.25, 0.3) is 0 Å². The van der Waals surface area contributed by atoms with Crippen LogP contribution in [-0.4, -0.2) is 51.2 Å². The fraction of sp³-hybridized carbons (Fsp3) is 0.600. The molecule has 100 valence electrons. The average molecular weight is 247 g/mol. The Morgan fingerprint density at radius 2 is 1.94 bits per heavy atom. The zero-order valence-corrected chi connectivity index (χ0v) is 11.7. The summed E-state index contributed by atoms with van der Waals surface area (Å²) in [5, 5.41) is 3.40. The molecule has 0 atom stereocenters. The zero-order valence-electron chi connectivity index (χ0n) is 11.7. The Morgan fingerprint density at radius 3 is 2.67 bits per heavy atom. The number of hydrogen-bond acceptors (Lipinski definition) is 3. The molecule has 1 aromatic rings. The molecular formula is C15H25N3. The molecule has 1 heterocycles. The molecule has 0 spiro atoms. The summed E-state index contributed by atoms with van der Waals surface area (Å²) in [6.07, 6.45) is 1.24. The minimum atomic E-state index is 1.13. The molecule has 1 N–H and O–H groups in total. The third kappa shape index (κ3) is 3.72. The van der Waals surface area contributed by atoms with Gasteiger partial charge in [0, 0.05) is 45.5 Å². The minimum absolute atomic E-state index is 1.13. The summed E-state index contributed by atoms with van der Waals surface area (Å²) < 4.78 is 0. The van der Waals surface area contributed by atoms with E-state index in [4.69, 9.17) is 0 Å². The maximum absolute atomic E-state index is 3.40. The van der Waals surface area contributed by atoms with Crippen LogP contribution in [0.15, 0.2) is 24.3 Å². The van der Waals surface area contributed by atoms with Crippen LogP contribution in [0, 0.1) is 6.92 Å². The summed E-state index contributed by atoms with van der Waals surface area (Å²) in [6, 6.07) is 8.62. The monoisotopic (exact) mass is 247 g/mol. The number of benzene rings is 1. The van der Waals surface area contributed by atoms with Crippen molar-refractivity contribution in [2.75, 3.05) is 51.2 Å². The predicted molar refractivity (Wildman–Crippen MR) is 78.4 cm³/mol. The summed E-state index contributed by atoms with van der Waals surface area (Å²) in [4.78, 5) is 4.93. The highest BCUT2D eigenvalue weighted by Gasteiger charge is 2.09. The summed E-state index contributed by atoms with van der Waals surface area (Å²) in [7, 11) is 2.19. The maximum atomic E-state index is 3.40. The average Bonchev–Trinajstić information content (AvgIpc) is 2.40. The number of para-hydroxylation sites is 1. The van der Waals surface area contributed by atoms with Gasteiger partial charge in [0.25, 0.3) is 0 Å². The number of piperazine rings is 1. The van der Waals surface area contributed by atoms with Crippen molar-refractivity contribution in [2.45, 2.75) is 13.3 Å². The molecule has 18 heavy (non-hydrogen) atoms. The lowest BCUT2D eigenvalue weighted by Crippen LogP contribution is -2.44. The molecule has 0 saturated carbocycles. The van der Waals surface area contributed by atoms with Gasteiger partial charge >= 0.3 is 0 Å². The first kappa shape index (κ1) is 13.4. The molecule has 1 aliphatic heterocycles. The smallest absolute Gasteiger partial charge is 0.0393 e. The normalized spacial score (nSPS) is 16.8. The second kappa shape index (κ2) is 6.76. The first-order valence-electron chi connectivity index (χ1n) is 6.97. The molecule has 0 aliphatic carbocycles. The Balaban J connectivity index is 1.74. The predicted octanol–water partition coefficient (Wildman–Crippen LogP) is 1.73. The third-order valence-corrected chi connectivity index (χ3v) is 3.70. The Labute approximate surface area is 111 Å². The van der Waals surface area contributed by atoms with Crippen molar-refractivity contribution in [3.8, 4) is 0 Å². The van der Waals surface area contributed by atoms with E-state index in [2.05, 4.69) is 53.4 Å². The van der Waals surface area contributed by atoms with Gasteiger partial charge in [-0.2, -0.15) is 0 Å². The van der Waals surface area contributed by atoms with E-state index < -0.39 is 0 Å². The van der Waals surface area contributed by atoms with Gasteiger partial charge in [-0.15, -0.1) is 0 Å². The van der Waals surface area contributed by atoms with Crippen LogP contribution in [0.4, 0.5) is 5.69 Å². The topological polar surface area (TPSA) is 18.5 Å². The van der Waals surface area contributed by atoms with E-state index >= 15 is 0 Å². The highest BCUT2D eigenvalue weighted by molar-refractivity contribution is 5.52. The highest BCUT2D eigenvalue weighted by atomic mass is 15.2. The standard InChI is InChI=1S/C15H25N3/c1-14-6-3-4-7-15(14)17(2)10-5-11-18-12-8-16-9-13-18/h3-4,6-7,16H,5,8-13H2,1-2H3. The summed E-state index contributed by atoms with van der Waals surface area (Å²) in [5.74, 6) is 0. The van der Waals surface area contributed by atoms with Crippen LogP contribution in [-0.2, 0) is 0 Å². The van der Waals surface area contributed by atoms with Gasteiger partial charge in [-0.3, -0.25) is 0 Å². The summed E-state index contributed by atoms with van der Waals surface area (Å²) >= 11 is 0. The fourth-order valence-corrected chi connectivity index (χ4v) is 2.58. The Morgan fingerprint density at radius 1 is 1.22 bits per heavy atom. The van der Waals surface area contributed by atoms with Gasteiger partial charge < -0.3 is 15.1 Å². The van der Waals surface area contributed by atoms with Gasteiger partial charge in [0.2, 0.25) is 0 Å². The second-order valence-electron chi connectivity index (χ2n) is 5.15. The molecule has 1 aromatic carbocycles. The van der Waals surface area contributed by atoms with Crippen molar-refractivity contribution in [3.63, 3.8) is 0 Å². The van der Waals surface area contributed by atoms with Gasteiger partial charge in [-0.05, 0) is 31.5 Å². The van der Waals surface area contributed by atoms with Gasteiger partial charge in [-0.1, -0.05) is 18.2 Å². The SMILES string of the molecule is Cc1ccccc1N(C)CCCN1CCNCC1. The lowest BCUT2D eigenvalue weighted by Gasteiger charge is -2.28.